The molecule has 0 atom stereocenters. The van der Waals surface area contributed by atoms with Crippen molar-refractivity contribution < 1.29 is 5.11 Å². The second-order valence-corrected chi connectivity index (χ2v) is 3.29. The molecule has 1 aromatic carbocycles. The van der Waals surface area contributed by atoms with Gasteiger partial charge in [-0.15, -0.1) is 0 Å². The summed E-state index contributed by atoms with van der Waals surface area (Å²) in [4.78, 5) is 8.52. The van der Waals surface area contributed by atoms with Gasteiger partial charge in [-0.2, -0.15) is 0 Å². The van der Waals surface area contributed by atoms with Crippen LogP contribution in [0.5, 0.6) is 0 Å². The minimum atomic E-state index is 0.0282. The Kier molecular flexibility index (Phi) is 3.41. The van der Waals surface area contributed by atoms with Crippen LogP contribution in [-0.2, 0) is 0 Å². The average Bonchev–Trinajstić information content (AvgIpc) is 2.38. The van der Waals surface area contributed by atoms with Crippen LogP contribution in [0.1, 0.15) is 5.56 Å². The molecule has 80 valence electrons. The number of rotatable bonds is 3. The maximum Gasteiger partial charge on any atom is 0.159 e. The van der Waals surface area contributed by atoms with Crippen molar-refractivity contribution in [1.82, 2.24) is 9.97 Å². The Morgan fingerprint density at radius 1 is 1.06 bits per heavy atom. The molecule has 2 rings (SSSR count). The van der Waals surface area contributed by atoms with E-state index in [9.17, 15) is 0 Å². The first-order valence-electron chi connectivity index (χ1n) is 5.05. The molecule has 0 aliphatic carbocycles. The number of hydrogen-bond acceptors (Lipinski definition) is 3. The lowest BCUT2D eigenvalue weighted by Gasteiger charge is -1.99. The predicted octanol–water partition coefficient (Wildman–Crippen LogP) is 2.15. The van der Waals surface area contributed by atoms with Gasteiger partial charge in [0.05, 0.1) is 6.61 Å². The Morgan fingerprint density at radius 3 is 2.38 bits per heavy atom. The molecule has 0 bridgehead atoms. The van der Waals surface area contributed by atoms with Crippen molar-refractivity contribution >= 4 is 6.08 Å². The number of aliphatic hydroxyl groups is 1. The average molecular weight is 212 g/mol. The number of nitrogens with zero attached hydrogens (tertiary/aromatic N) is 2. The van der Waals surface area contributed by atoms with Gasteiger partial charge in [0.15, 0.2) is 5.82 Å². The van der Waals surface area contributed by atoms with E-state index in [0.29, 0.717) is 5.82 Å². The van der Waals surface area contributed by atoms with Crippen LogP contribution in [-0.4, -0.2) is 21.7 Å². The lowest BCUT2D eigenvalue weighted by Crippen LogP contribution is -1.88. The zero-order valence-electron chi connectivity index (χ0n) is 8.74. The molecule has 0 spiro atoms. The standard InChI is InChI=1S/C13H12N2O/c16-8-4-5-11-9-14-13(15-10-11)12-6-2-1-3-7-12/h1-7,9-10,16H,8H2. The molecule has 0 saturated heterocycles. The molecule has 0 saturated carbocycles. The first-order chi connectivity index (χ1) is 7.90. The van der Waals surface area contributed by atoms with E-state index < -0.39 is 0 Å². The van der Waals surface area contributed by atoms with Gasteiger partial charge in [0.25, 0.3) is 0 Å². The smallest absolute Gasteiger partial charge is 0.159 e. The molecule has 0 unspecified atom stereocenters. The number of aromatic nitrogens is 2. The topological polar surface area (TPSA) is 46.0 Å². The highest BCUT2D eigenvalue weighted by Gasteiger charge is 1.98. The van der Waals surface area contributed by atoms with E-state index in [2.05, 4.69) is 9.97 Å². The normalized spacial score (nSPS) is 10.8. The highest BCUT2D eigenvalue weighted by molar-refractivity contribution is 5.56. The molecule has 3 nitrogen and oxygen atoms in total. The Hall–Kier alpha value is -2.00. The molecule has 1 heterocycles. The zero-order chi connectivity index (χ0) is 11.2. The van der Waals surface area contributed by atoms with Crippen LogP contribution in [0.15, 0.2) is 48.8 Å². The molecule has 1 aromatic heterocycles. The summed E-state index contributed by atoms with van der Waals surface area (Å²) in [6.45, 7) is 0.0282. The molecule has 0 amide bonds. The number of aliphatic hydroxyl groups excluding tert-OH is 1. The Morgan fingerprint density at radius 2 is 1.75 bits per heavy atom. The molecular weight excluding hydrogens is 200 g/mol. The van der Waals surface area contributed by atoms with Gasteiger partial charge in [0, 0.05) is 23.5 Å². The summed E-state index contributed by atoms with van der Waals surface area (Å²) < 4.78 is 0. The van der Waals surface area contributed by atoms with E-state index in [-0.39, 0.29) is 6.61 Å². The first kappa shape index (κ1) is 10.5. The van der Waals surface area contributed by atoms with Crippen LogP contribution >= 0.6 is 0 Å². The van der Waals surface area contributed by atoms with Crippen LogP contribution in [0.2, 0.25) is 0 Å². The van der Waals surface area contributed by atoms with Gasteiger partial charge in [-0.1, -0.05) is 42.5 Å². The molecule has 0 aliphatic heterocycles. The van der Waals surface area contributed by atoms with Gasteiger partial charge in [0.2, 0.25) is 0 Å². The summed E-state index contributed by atoms with van der Waals surface area (Å²) >= 11 is 0. The predicted molar refractivity (Wildman–Crippen MR) is 63.6 cm³/mol. The van der Waals surface area contributed by atoms with Crippen LogP contribution in [0.3, 0.4) is 0 Å². The van der Waals surface area contributed by atoms with Crippen molar-refractivity contribution in [1.29, 1.82) is 0 Å². The van der Waals surface area contributed by atoms with Crippen LogP contribution < -0.4 is 0 Å². The van der Waals surface area contributed by atoms with Gasteiger partial charge in [-0.3, -0.25) is 0 Å². The summed E-state index contributed by atoms with van der Waals surface area (Å²) in [5.74, 6) is 0.710. The molecule has 1 N–H and O–H groups in total. The third-order valence-corrected chi connectivity index (χ3v) is 2.12. The fourth-order valence-electron chi connectivity index (χ4n) is 1.35. The van der Waals surface area contributed by atoms with Gasteiger partial charge >= 0.3 is 0 Å². The van der Waals surface area contributed by atoms with Crippen LogP contribution in [0.4, 0.5) is 0 Å². The lowest BCUT2D eigenvalue weighted by molar-refractivity contribution is 0.343. The Bertz CT molecular complexity index is 463. The Labute approximate surface area is 94.1 Å². The molecule has 0 fully saturated rings. The van der Waals surface area contributed by atoms with Crippen LogP contribution in [0.25, 0.3) is 17.5 Å². The van der Waals surface area contributed by atoms with Gasteiger partial charge in [0.1, 0.15) is 0 Å². The van der Waals surface area contributed by atoms with E-state index in [4.69, 9.17) is 5.11 Å². The van der Waals surface area contributed by atoms with Gasteiger partial charge in [-0.05, 0) is 0 Å². The van der Waals surface area contributed by atoms with E-state index in [1.54, 1.807) is 24.5 Å². The van der Waals surface area contributed by atoms with Gasteiger partial charge in [-0.25, -0.2) is 9.97 Å². The summed E-state index contributed by atoms with van der Waals surface area (Å²) in [5.41, 5.74) is 1.88. The summed E-state index contributed by atoms with van der Waals surface area (Å²) in [6.07, 6.45) is 6.92. The number of benzene rings is 1. The minimum absolute atomic E-state index is 0.0282. The SMILES string of the molecule is OCC=Cc1cnc(-c2ccccc2)nc1. The summed E-state index contributed by atoms with van der Waals surface area (Å²) in [5, 5.41) is 8.63. The third kappa shape index (κ3) is 2.52. The van der Waals surface area contributed by atoms with Crippen molar-refractivity contribution in [2.45, 2.75) is 0 Å². The van der Waals surface area contributed by atoms with Crippen molar-refractivity contribution in [3.05, 3.63) is 54.4 Å². The molecule has 0 radical (unpaired) electrons. The fraction of sp³-hybridized carbons (Fsp3) is 0.0769. The zero-order valence-corrected chi connectivity index (χ0v) is 8.74. The van der Waals surface area contributed by atoms with Crippen molar-refractivity contribution in [3.63, 3.8) is 0 Å². The second kappa shape index (κ2) is 5.19. The fourth-order valence-corrected chi connectivity index (χ4v) is 1.35. The first-order valence-corrected chi connectivity index (χ1v) is 5.05. The summed E-state index contributed by atoms with van der Waals surface area (Å²) in [7, 11) is 0. The highest BCUT2D eigenvalue weighted by atomic mass is 16.2. The second-order valence-electron chi connectivity index (χ2n) is 3.29. The maximum absolute atomic E-state index is 8.63. The van der Waals surface area contributed by atoms with E-state index >= 15 is 0 Å². The summed E-state index contributed by atoms with van der Waals surface area (Å²) in [6, 6.07) is 9.82. The highest BCUT2D eigenvalue weighted by Crippen LogP contribution is 2.13. The maximum atomic E-state index is 8.63. The largest absolute Gasteiger partial charge is 0.392 e. The van der Waals surface area contributed by atoms with Crippen LogP contribution in [0, 0.1) is 0 Å². The number of hydrogen-bond donors (Lipinski definition) is 1. The van der Waals surface area contributed by atoms with Crippen molar-refractivity contribution in [2.75, 3.05) is 6.61 Å². The quantitative estimate of drug-likeness (QED) is 0.847. The molecular formula is C13H12N2O. The molecule has 2 aromatic rings. The monoisotopic (exact) mass is 212 g/mol. The minimum Gasteiger partial charge on any atom is -0.392 e. The van der Waals surface area contributed by atoms with E-state index in [0.717, 1.165) is 11.1 Å². The van der Waals surface area contributed by atoms with E-state index in [1.807, 2.05) is 30.3 Å². The van der Waals surface area contributed by atoms with Crippen molar-refractivity contribution in [3.8, 4) is 11.4 Å². The molecule has 16 heavy (non-hydrogen) atoms. The van der Waals surface area contributed by atoms with Gasteiger partial charge < -0.3 is 5.11 Å². The molecule has 3 heteroatoms. The third-order valence-electron chi connectivity index (χ3n) is 2.12. The Balaban J connectivity index is 2.23. The molecule has 0 aliphatic rings. The lowest BCUT2D eigenvalue weighted by atomic mass is 10.2. The van der Waals surface area contributed by atoms with E-state index in [1.165, 1.54) is 0 Å². The van der Waals surface area contributed by atoms with Crippen molar-refractivity contribution in [2.24, 2.45) is 0 Å².